The average Bonchev–Trinajstić information content (AvgIpc) is 2.67. The highest BCUT2D eigenvalue weighted by Gasteiger charge is 2.16. The maximum absolute atomic E-state index is 8.98. The summed E-state index contributed by atoms with van der Waals surface area (Å²) in [6, 6.07) is 1.76. The Hall–Kier alpha value is -1.86. The van der Waals surface area contributed by atoms with Crippen LogP contribution in [0.4, 0.5) is 11.5 Å². The highest BCUT2D eigenvalue weighted by atomic mass is 16.3. The molecular weight excluding hydrogens is 222 g/mol. The first-order valence-electron chi connectivity index (χ1n) is 5.33. The van der Waals surface area contributed by atoms with Crippen molar-refractivity contribution in [2.75, 3.05) is 36.9 Å². The Kier molecular flexibility index (Phi) is 3.40. The van der Waals surface area contributed by atoms with Crippen molar-refractivity contribution in [1.29, 1.82) is 0 Å². The third kappa shape index (κ3) is 2.15. The summed E-state index contributed by atoms with van der Waals surface area (Å²) in [6.45, 7) is 0.685. The number of aromatic nitrogens is 3. The number of fused-ring (bicyclic) bond motifs is 1. The van der Waals surface area contributed by atoms with Crippen LogP contribution >= 0.6 is 0 Å². The van der Waals surface area contributed by atoms with Crippen molar-refractivity contribution in [1.82, 2.24) is 14.6 Å². The van der Waals surface area contributed by atoms with E-state index in [1.165, 1.54) is 0 Å². The molecule has 0 amide bonds. The first-order valence-corrected chi connectivity index (χ1v) is 5.33. The van der Waals surface area contributed by atoms with Crippen LogP contribution in [0.25, 0.3) is 5.65 Å². The van der Waals surface area contributed by atoms with Crippen LogP contribution < -0.4 is 10.6 Å². The maximum Gasteiger partial charge on any atom is 0.180 e. The van der Waals surface area contributed by atoms with E-state index in [0.717, 1.165) is 0 Å². The summed E-state index contributed by atoms with van der Waals surface area (Å²) in [7, 11) is 0. The fraction of sp³-hybridized carbons (Fsp3) is 0.400. The number of aliphatic hydroxyl groups is 2. The van der Waals surface area contributed by atoms with E-state index in [-0.39, 0.29) is 13.2 Å². The predicted octanol–water partition coefficient (Wildman–Crippen LogP) is -0.897. The van der Waals surface area contributed by atoms with E-state index in [1.807, 2.05) is 0 Å². The number of nitrogens with two attached hydrogens (primary N) is 1. The SMILES string of the molecule is Nc1c(N(CCO)CCO)nn2cccnc12. The lowest BCUT2D eigenvalue weighted by Gasteiger charge is -2.20. The van der Waals surface area contributed by atoms with Gasteiger partial charge in [0.1, 0.15) is 5.69 Å². The standard InChI is InChI=1S/C10H15N5O2/c11-8-9-12-2-1-3-15(9)13-10(8)14(4-6-16)5-7-17/h1-3,16-17H,4-7,11H2. The van der Waals surface area contributed by atoms with Gasteiger partial charge in [-0.1, -0.05) is 0 Å². The summed E-state index contributed by atoms with van der Waals surface area (Å²) >= 11 is 0. The van der Waals surface area contributed by atoms with Crippen LogP contribution in [0.15, 0.2) is 18.5 Å². The van der Waals surface area contributed by atoms with Gasteiger partial charge < -0.3 is 20.8 Å². The molecule has 0 saturated carbocycles. The number of nitrogens with zero attached hydrogens (tertiary/aromatic N) is 4. The number of hydrogen-bond donors (Lipinski definition) is 3. The molecule has 0 aliphatic heterocycles. The van der Waals surface area contributed by atoms with Gasteiger partial charge in [0, 0.05) is 25.5 Å². The molecule has 0 aliphatic rings. The topological polar surface area (TPSA) is 99.9 Å². The van der Waals surface area contributed by atoms with Gasteiger partial charge in [0.25, 0.3) is 0 Å². The maximum atomic E-state index is 8.98. The molecule has 2 rings (SSSR count). The Balaban J connectivity index is 2.42. The van der Waals surface area contributed by atoms with Crippen LogP contribution in [0.1, 0.15) is 0 Å². The molecule has 0 unspecified atom stereocenters. The Bertz CT molecular complexity index is 492. The molecule has 7 heteroatoms. The van der Waals surface area contributed by atoms with Crippen LogP contribution in [-0.4, -0.2) is 51.1 Å². The molecule has 0 spiro atoms. The molecule has 2 aromatic heterocycles. The number of nitrogen functional groups attached to an aromatic ring is 1. The van der Waals surface area contributed by atoms with Gasteiger partial charge >= 0.3 is 0 Å². The summed E-state index contributed by atoms with van der Waals surface area (Å²) in [6.07, 6.45) is 3.39. The lowest BCUT2D eigenvalue weighted by molar-refractivity contribution is 0.280. The molecule has 92 valence electrons. The molecule has 2 aromatic rings. The molecule has 0 atom stereocenters. The van der Waals surface area contributed by atoms with Gasteiger partial charge in [-0.2, -0.15) is 0 Å². The first kappa shape index (κ1) is 11.6. The van der Waals surface area contributed by atoms with Gasteiger partial charge in [-0.15, -0.1) is 5.10 Å². The van der Waals surface area contributed by atoms with Crippen LogP contribution in [-0.2, 0) is 0 Å². The normalized spacial score (nSPS) is 10.9. The highest BCUT2D eigenvalue weighted by Crippen LogP contribution is 2.24. The van der Waals surface area contributed by atoms with Gasteiger partial charge in [0.2, 0.25) is 0 Å². The first-order chi connectivity index (χ1) is 8.27. The van der Waals surface area contributed by atoms with E-state index < -0.39 is 0 Å². The molecule has 7 nitrogen and oxygen atoms in total. The second-order valence-electron chi connectivity index (χ2n) is 3.56. The van der Waals surface area contributed by atoms with Gasteiger partial charge in [-0.3, -0.25) is 0 Å². The lowest BCUT2D eigenvalue weighted by atomic mass is 10.4. The Morgan fingerprint density at radius 2 is 2.00 bits per heavy atom. The monoisotopic (exact) mass is 237 g/mol. The van der Waals surface area contributed by atoms with Crippen LogP contribution in [0.2, 0.25) is 0 Å². The zero-order chi connectivity index (χ0) is 12.3. The minimum atomic E-state index is -0.0270. The van der Waals surface area contributed by atoms with E-state index in [2.05, 4.69) is 10.1 Å². The summed E-state index contributed by atoms with van der Waals surface area (Å²) in [5.74, 6) is 0.534. The second kappa shape index (κ2) is 4.98. The molecule has 2 heterocycles. The largest absolute Gasteiger partial charge is 0.395 e. The van der Waals surface area contributed by atoms with Crippen molar-refractivity contribution >= 4 is 17.2 Å². The van der Waals surface area contributed by atoms with E-state index in [0.29, 0.717) is 30.2 Å². The van der Waals surface area contributed by atoms with Crippen LogP contribution in [0, 0.1) is 0 Å². The molecule has 0 radical (unpaired) electrons. The summed E-state index contributed by atoms with van der Waals surface area (Å²) in [5, 5.41) is 22.2. The highest BCUT2D eigenvalue weighted by molar-refractivity contribution is 5.78. The summed E-state index contributed by atoms with van der Waals surface area (Å²) < 4.78 is 1.58. The van der Waals surface area contributed by atoms with E-state index in [1.54, 1.807) is 27.9 Å². The smallest absolute Gasteiger partial charge is 0.180 e. The fourth-order valence-electron chi connectivity index (χ4n) is 1.69. The Morgan fingerprint density at radius 3 is 2.59 bits per heavy atom. The molecule has 0 fully saturated rings. The minimum absolute atomic E-state index is 0.0270. The number of rotatable bonds is 5. The Morgan fingerprint density at radius 1 is 1.29 bits per heavy atom. The summed E-state index contributed by atoms with van der Waals surface area (Å²) in [4.78, 5) is 5.85. The van der Waals surface area contributed by atoms with Crippen LogP contribution in [0.5, 0.6) is 0 Å². The number of hydrogen-bond acceptors (Lipinski definition) is 6. The molecule has 4 N–H and O–H groups in total. The van der Waals surface area contributed by atoms with Crippen molar-refractivity contribution in [3.05, 3.63) is 18.5 Å². The predicted molar refractivity (Wildman–Crippen MR) is 63.8 cm³/mol. The zero-order valence-corrected chi connectivity index (χ0v) is 9.32. The second-order valence-corrected chi connectivity index (χ2v) is 3.56. The number of aliphatic hydroxyl groups excluding tert-OH is 2. The molecule has 17 heavy (non-hydrogen) atoms. The average molecular weight is 237 g/mol. The fourth-order valence-corrected chi connectivity index (χ4v) is 1.69. The summed E-state index contributed by atoms with van der Waals surface area (Å²) in [5.41, 5.74) is 6.97. The molecule has 0 saturated heterocycles. The van der Waals surface area contributed by atoms with Crippen molar-refractivity contribution in [3.8, 4) is 0 Å². The van der Waals surface area contributed by atoms with Crippen molar-refractivity contribution in [3.63, 3.8) is 0 Å². The van der Waals surface area contributed by atoms with Gasteiger partial charge in [-0.25, -0.2) is 9.50 Å². The van der Waals surface area contributed by atoms with E-state index in [4.69, 9.17) is 15.9 Å². The van der Waals surface area contributed by atoms with Gasteiger partial charge in [0.05, 0.1) is 13.2 Å². The molecule has 0 bridgehead atoms. The van der Waals surface area contributed by atoms with Crippen molar-refractivity contribution in [2.24, 2.45) is 0 Å². The Labute approximate surface area is 98.1 Å². The number of anilines is 2. The molecule has 0 aliphatic carbocycles. The third-order valence-corrected chi connectivity index (χ3v) is 2.45. The van der Waals surface area contributed by atoms with E-state index >= 15 is 0 Å². The zero-order valence-electron chi connectivity index (χ0n) is 9.32. The van der Waals surface area contributed by atoms with Crippen LogP contribution in [0.3, 0.4) is 0 Å². The van der Waals surface area contributed by atoms with Gasteiger partial charge in [0.15, 0.2) is 11.5 Å². The molecule has 0 aromatic carbocycles. The lowest BCUT2D eigenvalue weighted by Crippen LogP contribution is -2.30. The van der Waals surface area contributed by atoms with Crippen molar-refractivity contribution < 1.29 is 10.2 Å². The van der Waals surface area contributed by atoms with Gasteiger partial charge in [-0.05, 0) is 6.07 Å². The third-order valence-electron chi connectivity index (χ3n) is 2.45. The minimum Gasteiger partial charge on any atom is -0.395 e. The van der Waals surface area contributed by atoms with E-state index in [9.17, 15) is 0 Å². The molecular formula is C10H15N5O2. The van der Waals surface area contributed by atoms with Crippen molar-refractivity contribution in [2.45, 2.75) is 0 Å². The quantitative estimate of drug-likeness (QED) is 0.623.